The molecule has 6 nitrogen and oxygen atoms in total. The molecule has 1 heterocycles. The molecule has 1 aromatic heterocycles. The zero-order valence-electron chi connectivity index (χ0n) is 13.3. The van der Waals surface area contributed by atoms with Crippen molar-refractivity contribution in [2.45, 2.75) is 58.6 Å². The van der Waals surface area contributed by atoms with Crippen LogP contribution in [0.2, 0.25) is 0 Å². The summed E-state index contributed by atoms with van der Waals surface area (Å²) in [4.78, 5) is 32.0. The quantitative estimate of drug-likeness (QED) is 0.861. The summed E-state index contributed by atoms with van der Waals surface area (Å²) in [6.07, 6.45) is 6.45. The van der Waals surface area contributed by atoms with Crippen LogP contribution in [0.15, 0.2) is 12.4 Å². The molecule has 0 spiro atoms. The van der Waals surface area contributed by atoms with Crippen LogP contribution in [0, 0.1) is 12.8 Å². The zero-order valence-corrected chi connectivity index (χ0v) is 13.3. The molecule has 0 unspecified atom stereocenters. The highest BCUT2D eigenvalue weighted by atomic mass is 16.5. The number of nitrogens with one attached hydrogen (secondary N) is 1. The fraction of sp³-hybridized carbons (Fsp3) is 0.625. The molecule has 1 fully saturated rings. The summed E-state index contributed by atoms with van der Waals surface area (Å²) in [5, 5.41) is 2.98. The Morgan fingerprint density at radius 3 is 2.64 bits per heavy atom. The van der Waals surface area contributed by atoms with Gasteiger partial charge in [0, 0.05) is 12.2 Å². The Balaban J connectivity index is 1.87. The van der Waals surface area contributed by atoms with E-state index < -0.39 is 12.1 Å². The molecular formula is C16H23N3O3. The Morgan fingerprint density at radius 2 is 2.00 bits per heavy atom. The van der Waals surface area contributed by atoms with Crippen LogP contribution in [0.4, 0.5) is 0 Å². The average Bonchev–Trinajstić information content (AvgIpc) is 2.50. The third-order valence-corrected chi connectivity index (χ3v) is 4.08. The zero-order chi connectivity index (χ0) is 16.1. The normalized spacial score (nSPS) is 22.7. The fourth-order valence-electron chi connectivity index (χ4n) is 2.60. The van der Waals surface area contributed by atoms with Gasteiger partial charge in [-0.05, 0) is 32.6 Å². The third kappa shape index (κ3) is 4.26. The van der Waals surface area contributed by atoms with E-state index in [0.29, 0.717) is 11.6 Å². The molecule has 1 aliphatic carbocycles. The van der Waals surface area contributed by atoms with Gasteiger partial charge in [-0.25, -0.2) is 9.78 Å². The Bertz CT molecular complexity index is 530. The number of ether oxygens (including phenoxy) is 1. The second-order valence-electron chi connectivity index (χ2n) is 5.97. The molecular weight excluding hydrogens is 282 g/mol. The van der Waals surface area contributed by atoms with Crippen LogP contribution >= 0.6 is 0 Å². The minimum atomic E-state index is -0.843. The van der Waals surface area contributed by atoms with E-state index in [9.17, 15) is 9.59 Å². The van der Waals surface area contributed by atoms with Crippen molar-refractivity contribution in [3.63, 3.8) is 0 Å². The SMILES string of the molecule is Cc1cnc(C(=O)O[C@H](C)C(=O)N[C@H]2CCCC[C@@H]2C)cn1. The minimum Gasteiger partial charge on any atom is -0.448 e. The smallest absolute Gasteiger partial charge is 0.359 e. The first-order valence-electron chi connectivity index (χ1n) is 7.77. The second-order valence-corrected chi connectivity index (χ2v) is 5.97. The molecule has 0 radical (unpaired) electrons. The Kier molecular flexibility index (Phi) is 5.46. The minimum absolute atomic E-state index is 0.108. The molecule has 3 atom stereocenters. The van der Waals surface area contributed by atoms with Gasteiger partial charge in [-0.2, -0.15) is 0 Å². The molecule has 120 valence electrons. The predicted molar refractivity (Wildman–Crippen MR) is 81.2 cm³/mol. The second kappa shape index (κ2) is 7.33. The topological polar surface area (TPSA) is 81.2 Å². The van der Waals surface area contributed by atoms with Crippen LogP contribution < -0.4 is 5.32 Å². The van der Waals surface area contributed by atoms with Gasteiger partial charge in [-0.15, -0.1) is 0 Å². The number of carbonyl (C=O) groups is 2. The number of carbonyl (C=O) groups excluding carboxylic acids is 2. The predicted octanol–water partition coefficient (Wildman–Crippen LogP) is 2.03. The number of aryl methyl sites for hydroxylation is 1. The molecule has 1 amide bonds. The molecule has 1 aliphatic rings. The highest BCUT2D eigenvalue weighted by Crippen LogP contribution is 2.23. The van der Waals surface area contributed by atoms with Crippen molar-refractivity contribution < 1.29 is 14.3 Å². The van der Waals surface area contributed by atoms with Gasteiger partial charge in [0.05, 0.1) is 11.9 Å². The van der Waals surface area contributed by atoms with E-state index in [1.807, 2.05) is 0 Å². The number of nitrogens with zero attached hydrogens (tertiary/aromatic N) is 2. The average molecular weight is 305 g/mol. The van der Waals surface area contributed by atoms with Crippen LogP contribution in [-0.2, 0) is 9.53 Å². The van der Waals surface area contributed by atoms with Gasteiger partial charge in [0.15, 0.2) is 11.8 Å². The summed E-state index contributed by atoms with van der Waals surface area (Å²) >= 11 is 0. The molecule has 0 saturated heterocycles. The Labute approximate surface area is 130 Å². The van der Waals surface area contributed by atoms with Crippen molar-refractivity contribution in [2.75, 3.05) is 0 Å². The monoisotopic (exact) mass is 305 g/mol. The summed E-state index contributed by atoms with van der Waals surface area (Å²) in [5.74, 6) is -0.428. The van der Waals surface area contributed by atoms with Crippen LogP contribution in [0.25, 0.3) is 0 Å². The van der Waals surface area contributed by atoms with Gasteiger partial charge in [0.1, 0.15) is 0 Å². The molecule has 1 saturated carbocycles. The van der Waals surface area contributed by atoms with Gasteiger partial charge in [0.25, 0.3) is 5.91 Å². The molecule has 1 aromatic rings. The molecule has 2 rings (SSSR count). The van der Waals surface area contributed by atoms with Gasteiger partial charge in [-0.1, -0.05) is 19.8 Å². The van der Waals surface area contributed by atoms with Crippen LogP contribution in [-0.4, -0.2) is 34.0 Å². The fourth-order valence-corrected chi connectivity index (χ4v) is 2.60. The first kappa shape index (κ1) is 16.4. The third-order valence-electron chi connectivity index (χ3n) is 4.08. The first-order chi connectivity index (χ1) is 10.5. The van der Waals surface area contributed by atoms with Gasteiger partial charge >= 0.3 is 5.97 Å². The van der Waals surface area contributed by atoms with Crippen molar-refractivity contribution in [1.82, 2.24) is 15.3 Å². The van der Waals surface area contributed by atoms with Crippen molar-refractivity contribution >= 4 is 11.9 Å². The summed E-state index contributed by atoms with van der Waals surface area (Å²) in [7, 11) is 0. The maximum absolute atomic E-state index is 12.2. The lowest BCUT2D eigenvalue weighted by atomic mass is 9.86. The molecule has 0 aliphatic heterocycles. The lowest BCUT2D eigenvalue weighted by Gasteiger charge is -2.30. The van der Waals surface area contributed by atoms with Crippen LogP contribution in [0.1, 0.15) is 55.7 Å². The maximum atomic E-state index is 12.2. The molecule has 1 N–H and O–H groups in total. The highest BCUT2D eigenvalue weighted by Gasteiger charge is 2.26. The van der Waals surface area contributed by atoms with Crippen molar-refractivity contribution in [2.24, 2.45) is 5.92 Å². The Morgan fingerprint density at radius 1 is 1.27 bits per heavy atom. The van der Waals surface area contributed by atoms with Gasteiger partial charge < -0.3 is 10.1 Å². The molecule has 0 aromatic carbocycles. The van der Waals surface area contributed by atoms with Crippen molar-refractivity contribution in [1.29, 1.82) is 0 Å². The van der Waals surface area contributed by atoms with Crippen LogP contribution in [0.3, 0.4) is 0 Å². The van der Waals surface area contributed by atoms with E-state index in [1.165, 1.54) is 18.8 Å². The summed E-state index contributed by atoms with van der Waals surface area (Å²) < 4.78 is 5.16. The summed E-state index contributed by atoms with van der Waals surface area (Å²) in [5.41, 5.74) is 0.824. The summed E-state index contributed by atoms with van der Waals surface area (Å²) in [6, 6.07) is 0.168. The van der Waals surface area contributed by atoms with Crippen molar-refractivity contribution in [3.05, 3.63) is 23.8 Å². The number of hydrogen-bond donors (Lipinski definition) is 1. The van der Waals surface area contributed by atoms with Gasteiger partial charge in [-0.3, -0.25) is 9.78 Å². The van der Waals surface area contributed by atoms with E-state index in [-0.39, 0.29) is 17.6 Å². The number of aromatic nitrogens is 2. The highest BCUT2D eigenvalue weighted by molar-refractivity contribution is 5.90. The number of rotatable bonds is 4. The first-order valence-corrected chi connectivity index (χ1v) is 7.77. The van der Waals surface area contributed by atoms with E-state index >= 15 is 0 Å². The van der Waals surface area contributed by atoms with E-state index in [0.717, 1.165) is 19.3 Å². The van der Waals surface area contributed by atoms with Gasteiger partial charge in [0.2, 0.25) is 0 Å². The maximum Gasteiger partial charge on any atom is 0.359 e. The lowest BCUT2D eigenvalue weighted by Crippen LogP contribution is -2.46. The number of amides is 1. The van der Waals surface area contributed by atoms with Crippen molar-refractivity contribution in [3.8, 4) is 0 Å². The number of hydrogen-bond acceptors (Lipinski definition) is 5. The van der Waals surface area contributed by atoms with E-state index in [4.69, 9.17) is 4.74 Å². The summed E-state index contributed by atoms with van der Waals surface area (Å²) in [6.45, 7) is 5.49. The molecule has 0 bridgehead atoms. The lowest BCUT2D eigenvalue weighted by molar-refractivity contribution is -0.130. The van der Waals surface area contributed by atoms with Crippen LogP contribution in [0.5, 0.6) is 0 Å². The van der Waals surface area contributed by atoms with E-state index in [1.54, 1.807) is 13.8 Å². The number of esters is 1. The largest absolute Gasteiger partial charge is 0.448 e. The Hall–Kier alpha value is -1.98. The standard InChI is InChI=1S/C16H23N3O3/c1-10-6-4-5-7-13(10)19-15(20)12(3)22-16(21)14-9-17-11(2)8-18-14/h8-10,12-13H,4-7H2,1-3H3,(H,19,20)/t10-,12+,13-/m0/s1. The molecule has 22 heavy (non-hydrogen) atoms. The molecule has 6 heteroatoms. The van der Waals surface area contributed by atoms with E-state index in [2.05, 4.69) is 22.2 Å².